The topological polar surface area (TPSA) is 78.9 Å². The van der Waals surface area contributed by atoms with Crippen molar-refractivity contribution >= 4 is 11.7 Å². The smallest absolute Gasteiger partial charge is 0.162 e. The Balaban J connectivity index is 3.32. The van der Waals surface area contributed by atoms with E-state index in [9.17, 15) is 0 Å². The molecule has 1 rings (SSSR count). The zero-order valence-electron chi connectivity index (χ0n) is 14.2. The molecule has 0 aliphatic carbocycles. The van der Waals surface area contributed by atoms with Crippen LogP contribution in [0.15, 0.2) is 0 Å². The van der Waals surface area contributed by atoms with E-state index in [0.717, 1.165) is 41.9 Å². The molecule has 0 aliphatic rings. The molecular formula is C16H29N5. The first-order valence-corrected chi connectivity index (χ1v) is 7.78. The Morgan fingerprint density at radius 1 is 1.19 bits per heavy atom. The first-order chi connectivity index (χ1) is 9.83. The monoisotopic (exact) mass is 291 g/mol. The molecule has 0 radical (unpaired) electrons. The third kappa shape index (κ3) is 3.93. The molecule has 1 heterocycles. The highest BCUT2D eigenvalue weighted by Gasteiger charge is 2.22. The minimum atomic E-state index is 0.0787. The zero-order chi connectivity index (χ0) is 16.2. The number of aromatic nitrogens is 2. The average Bonchev–Trinajstić information content (AvgIpc) is 2.43. The van der Waals surface area contributed by atoms with Crippen LogP contribution < -0.4 is 10.6 Å². The fourth-order valence-electron chi connectivity index (χ4n) is 2.74. The van der Waals surface area contributed by atoms with Gasteiger partial charge in [-0.2, -0.15) is 5.10 Å². The van der Waals surface area contributed by atoms with Crippen molar-refractivity contribution in [3.05, 3.63) is 16.8 Å². The lowest BCUT2D eigenvalue weighted by Crippen LogP contribution is -2.34. The number of nitrogen functional groups attached to an aromatic ring is 1. The summed E-state index contributed by atoms with van der Waals surface area (Å²) in [4.78, 5) is 2.10. The summed E-state index contributed by atoms with van der Waals surface area (Å²) in [5.41, 5.74) is 8.59. The van der Waals surface area contributed by atoms with Gasteiger partial charge >= 0.3 is 0 Å². The van der Waals surface area contributed by atoms with E-state index in [1.807, 2.05) is 7.05 Å². The Labute approximate surface area is 128 Å². The molecule has 5 nitrogen and oxygen atoms in total. The molecule has 0 spiro atoms. The fraction of sp³-hybridized carbons (Fsp3) is 0.688. The van der Waals surface area contributed by atoms with Gasteiger partial charge in [-0.1, -0.05) is 27.7 Å². The van der Waals surface area contributed by atoms with Crippen LogP contribution in [0.4, 0.5) is 5.82 Å². The number of anilines is 1. The summed E-state index contributed by atoms with van der Waals surface area (Å²) in [5.74, 6) is 1.41. The van der Waals surface area contributed by atoms with Crippen LogP contribution in [0.3, 0.4) is 0 Å². The van der Waals surface area contributed by atoms with E-state index in [2.05, 4.69) is 49.7 Å². The highest BCUT2D eigenvalue weighted by atomic mass is 15.3. The second-order valence-electron chi connectivity index (χ2n) is 6.03. The molecule has 0 saturated heterocycles. The van der Waals surface area contributed by atoms with E-state index in [1.165, 1.54) is 0 Å². The molecular weight excluding hydrogens is 262 g/mol. The van der Waals surface area contributed by atoms with Crippen molar-refractivity contribution in [2.75, 3.05) is 11.9 Å². The number of rotatable bonds is 7. The molecule has 0 aliphatic heterocycles. The number of nitrogens with two attached hydrogens (primary N) is 1. The summed E-state index contributed by atoms with van der Waals surface area (Å²) in [6, 6.07) is 0.328. The van der Waals surface area contributed by atoms with Gasteiger partial charge in [0.05, 0.1) is 11.3 Å². The van der Waals surface area contributed by atoms with E-state index < -0.39 is 0 Å². The third-order valence-corrected chi connectivity index (χ3v) is 3.90. The molecule has 1 aromatic heterocycles. The summed E-state index contributed by atoms with van der Waals surface area (Å²) in [7, 11) is 2.01. The number of nitrogens with zero attached hydrogens (tertiary/aromatic N) is 3. The van der Waals surface area contributed by atoms with E-state index in [-0.39, 0.29) is 5.84 Å². The van der Waals surface area contributed by atoms with Crippen LogP contribution in [0.2, 0.25) is 0 Å². The van der Waals surface area contributed by atoms with Gasteiger partial charge in [-0.3, -0.25) is 5.41 Å². The number of amidine groups is 1. The molecule has 0 amide bonds. The number of nitrogens with one attached hydrogen (secondary N) is 1. The normalized spacial score (nSPS) is 12.5. The second kappa shape index (κ2) is 7.38. The molecule has 0 saturated carbocycles. The summed E-state index contributed by atoms with van der Waals surface area (Å²) in [6.07, 6.45) is 2.68. The van der Waals surface area contributed by atoms with E-state index >= 15 is 0 Å². The molecule has 0 bridgehead atoms. The maximum Gasteiger partial charge on any atom is 0.162 e. The number of aryl methyl sites for hydroxylation is 1. The van der Waals surface area contributed by atoms with Crippen LogP contribution in [0.25, 0.3) is 0 Å². The Kier molecular flexibility index (Phi) is 6.12. The van der Waals surface area contributed by atoms with Crippen molar-refractivity contribution in [2.24, 2.45) is 11.7 Å². The molecule has 118 valence electrons. The van der Waals surface area contributed by atoms with Crippen LogP contribution >= 0.6 is 0 Å². The minimum Gasteiger partial charge on any atom is -0.384 e. The molecule has 0 aromatic carbocycles. The molecule has 0 fully saturated rings. The summed E-state index contributed by atoms with van der Waals surface area (Å²) in [6.45, 7) is 10.7. The van der Waals surface area contributed by atoms with Crippen molar-refractivity contribution in [3.63, 3.8) is 0 Å². The van der Waals surface area contributed by atoms with Crippen molar-refractivity contribution < 1.29 is 0 Å². The van der Waals surface area contributed by atoms with Crippen LogP contribution in [-0.2, 0) is 12.8 Å². The largest absolute Gasteiger partial charge is 0.384 e. The fourth-order valence-corrected chi connectivity index (χ4v) is 2.74. The third-order valence-electron chi connectivity index (χ3n) is 3.90. The summed E-state index contributed by atoms with van der Waals surface area (Å²) in [5, 5.41) is 16.7. The Morgan fingerprint density at radius 2 is 1.81 bits per heavy atom. The number of hydrogen-bond donors (Lipinski definition) is 2. The predicted molar refractivity (Wildman–Crippen MR) is 89.1 cm³/mol. The van der Waals surface area contributed by atoms with Gasteiger partial charge in [0.2, 0.25) is 0 Å². The van der Waals surface area contributed by atoms with Crippen molar-refractivity contribution in [3.8, 4) is 0 Å². The molecule has 1 atom stereocenters. The van der Waals surface area contributed by atoms with Gasteiger partial charge in [0.15, 0.2) is 5.82 Å². The van der Waals surface area contributed by atoms with Gasteiger partial charge < -0.3 is 10.6 Å². The zero-order valence-corrected chi connectivity index (χ0v) is 14.2. The van der Waals surface area contributed by atoms with Gasteiger partial charge in [0.1, 0.15) is 5.84 Å². The van der Waals surface area contributed by atoms with Gasteiger partial charge in [0.25, 0.3) is 0 Å². The average molecular weight is 291 g/mol. The second-order valence-corrected chi connectivity index (χ2v) is 6.03. The summed E-state index contributed by atoms with van der Waals surface area (Å²) < 4.78 is 0. The Bertz CT molecular complexity index is 496. The number of hydrogen-bond acceptors (Lipinski definition) is 4. The predicted octanol–water partition coefficient (Wildman–Crippen LogP) is 2.76. The Hall–Kier alpha value is -1.65. The molecule has 3 N–H and O–H groups in total. The molecule has 1 aromatic rings. The molecule has 5 heteroatoms. The molecule has 21 heavy (non-hydrogen) atoms. The van der Waals surface area contributed by atoms with Crippen molar-refractivity contribution in [1.82, 2.24) is 10.2 Å². The Morgan fingerprint density at radius 3 is 2.24 bits per heavy atom. The lowest BCUT2D eigenvalue weighted by molar-refractivity contribution is 0.500. The van der Waals surface area contributed by atoms with Gasteiger partial charge in [0, 0.05) is 13.1 Å². The maximum absolute atomic E-state index is 7.95. The minimum absolute atomic E-state index is 0.0787. The summed E-state index contributed by atoms with van der Waals surface area (Å²) >= 11 is 0. The first kappa shape index (κ1) is 17.4. The quantitative estimate of drug-likeness (QED) is 0.598. The van der Waals surface area contributed by atoms with Crippen LogP contribution in [0, 0.1) is 11.3 Å². The highest BCUT2D eigenvalue weighted by Crippen LogP contribution is 2.25. The first-order valence-electron chi connectivity index (χ1n) is 7.78. The maximum atomic E-state index is 7.95. The lowest BCUT2D eigenvalue weighted by Gasteiger charge is -2.29. The molecule has 1 unspecified atom stereocenters. The SMILES string of the molecule is CCc1nnc(N(C)C(C)CC(C)C)c(C(=N)N)c1CC. The van der Waals surface area contributed by atoms with Gasteiger partial charge in [-0.25, -0.2) is 0 Å². The van der Waals surface area contributed by atoms with Crippen molar-refractivity contribution in [2.45, 2.75) is 59.9 Å². The highest BCUT2D eigenvalue weighted by molar-refractivity contribution is 6.01. The van der Waals surface area contributed by atoms with Crippen molar-refractivity contribution in [1.29, 1.82) is 5.41 Å². The van der Waals surface area contributed by atoms with Crippen LogP contribution in [0.1, 0.15) is 57.9 Å². The lowest BCUT2D eigenvalue weighted by atomic mass is 10.00. The van der Waals surface area contributed by atoms with Gasteiger partial charge in [-0.05, 0) is 37.7 Å². The van der Waals surface area contributed by atoms with Gasteiger partial charge in [-0.15, -0.1) is 5.10 Å². The standard InChI is InChI=1S/C16H29N5/c1-7-12-13(8-2)19-20-16(14(12)15(17)18)21(6)11(5)9-10(3)4/h10-11H,7-9H2,1-6H3,(H3,17,18). The van der Waals surface area contributed by atoms with E-state index in [0.29, 0.717) is 12.0 Å². The van der Waals surface area contributed by atoms with E-state index in [4.69, 9.17) is 11.1 Å². The van der Waals surface area contributed by atoms with Crippen LogP contribution in [0.5, 0.6) is 0 Å². The van der Waals surface area contributed by atoms with Crippen LogP contribution in [-0.4, -0.2) is 29.1 Å². The van der Waals surface area contributed by atoms with E-state index in [1.54, 1.807) is 0 Å².